The quantitative estimate of drug-likeness (QED) is 0.0164. The topological polar surface area (TPSA) is 226 Å². The number of allylic oxidation sites excluding steroid dienone is 7. The highest BCUT2D eigenvalue weighted by Gasteiger charge is 2.51. The maximum Gasteiger partial charge on any atom is 0.472 e. The van der Waals surface area contributed by atoms with Gasteiger partial charge in [0.25, 0.3) is 0 Å². The Hall–Kier alpha value is -1.74. The molecule has 0 heterocycles. The Balaban J connectivity index is 2.50. The summed E-state index contributed by atoms with van der Waals surface area (Å²) in [5.74, 6) is -0.606. The van der Waals surface area contributed by atoms with Gasteiger partial charge in [0.2, 0.25) is 5.91 Å². The van der Waals surface area contributed by atoms with Crippen LogP contribution in [0.5, 0.6) is 0 Å². The lowest BCUT2D eigenvalue weighted by atomic mass is 9.85. The molecule has 14 heteroatoms. The predicted molar refractivity (Wildman–Crippen MR) is 243 cm³/mol. The maximum absolute atomic E-state index is 13.0. The molecular formula is C47H86NO12P. The second-order valence-electron chi connectivity index (χ2n) is 16.7. The third kappa shape index (κ3) is 28.6. The van der Waals surface area contributed by atoms with Gasteiger partial charge in [-0.1, -0.05) is 165 Å². The Morgan fingerprint density at radius 2 is 1.07 bits per heavy atom. The summed E-state index contributed by atoms with van der Waals surface area (Å²) in [6.45, 7) is 3.60. The fourth-order valence-corrected chi connectivity index (χ4v) is 8.26. The third-order valence-corrected chi connectivity index (χ3v) is 12.1. The van der Waals surface area contributed by atoms with E-state index in [9.17, 15) is 50.0 Å². The largest absolute Gasteiger partial charge is 0.472 e. The van der Waals surface area contributed by atoms with Crippen molar-refractivity contribution in [1.82, 2.24) is 5.32 Å². The molecule has 0 radical (unpaired) electrons. The molecule has 0 aliphatic heterocycles. The van der Waals surface area contributed by atoms with Gasteiger partial charge in [-0.25, -0.2) is 4.57 Å². The molecule has 0 aromatic heterocycles. The van der Waals surface area contributed by atoms with Crippen molar-refractivity contribution in [2.75, 3.05) is 6.61 Å². The van der Waals surface area contributed by atoms with E-state index in [2.05, 4.69) is 55.6 Å². The Bertz CT molecular complexity index is 1230. The maximum atomic E-state index is 13.0. The third-order valence-electron chi connectivity index (χ3n) is 11.1. The number of carbonyl (C=O) groups excluding carboxylic acids is 1. The Morgan fingerprint density at radius 1 is 0.607 bits per heavy atom. The molecule has 356 valence electrons. The lowest BCUT2D eigenvalue weighted by molar-refractivity contribution is -0.220. The molecule has 13 nitrogen and oxygen atoms in total. The van der Waals surface area contributed by atoms with E-state index in [0.29, 0.717) is 12.8 Å². The van der Waals surface area contributed by atoms with Crippen molar-refractivity contribution in [3.8, 4) is 0 Å². The fraction of sp³-hybridized carbons (Fsp3) is 0.809. The predicted octanol–water partition coefficient (Wildman–Crippen LogP) is 7.92. The number of amides is 1. The monoisotopic (exact) mass is 888 g/mol. The molecule has 8 atom stereocenters. The molecule has 9 N–H and O–H groups in total. The van der Waals surface area contributed by atoms with Crippen LogP contribution in [0, 0.1) is 0 Å². The van der Waals surface area contributed by atoms with Crippen LogP contribution in [0.2, 0.25) is 0 Å². The molecule has 1 aliphatic carbocycles. The molecule has 1 rings (SSSR count). The summed E-state index contributed by atoms with van der Waals surface area (Å²) >= 11 is 0. The van der Waals surface area contributed by atoms with E-state index in [0.717, 1.165) is 57.8 Å². The van der Waals surface area contributed by atoms with Gasteiger partial charge in [0.15, 0.2) is 0 Å². The minimum absolute atomic E-state index is 0.254. The second-order valence-corrected chi connectivity index (χ2v) is 18.2. The van der Waals surface area contributed by atoms with Gasteiger partial charge in [-0.05, 0) is 57.8 Å². The van der Waals surface area contributed by atoms with E-state index >= 15 is 0 Å². The van der Waals surface area contributed by atoms with Crippen LogP contribution in [0.3, 0.4) is 0 Å². The lowest BCUT2D eigenvalue weighted by Gasteiger charge is -2.41. The summed E-state index contributed by atoms with van der Waals surface area (Å²) < 4.78 is 22.8. The molecule has 0 saturated heterocycles. The number of aliphatic hydroxyl groups excluding tert-OH is 7. The van der Waals surface area contributed by atoms with Crippen LogP contribution < -0.4 is 5.32 Å². The van der Waals surface area contributed by atoms with Gasteiger partial charge in [-0.15, -0.1) is 0 Å². The molecule has 0 aromatic carbocycles. The van der Waals surface area contributed by atoms with E-state index in [-0.39, 0.29) is 6.42 Å². The van der Waals surface area contributed by atoms with Crippen molar-refractivity contribution in [3.05, 3.63) is 48.6 Å². The summed E-state index contributed by atoms with van der Waals surface area (Å²) in [6, 6.07) is -1.26. The average molecular weight is 888 g/mol. The second kappa shape index (κ2) is 36.6. The number of phosphoric ester groups is 1. The van der Waals surface area contributed by atoms with Gasteiger partial charge < -0.3 is 46.0 Å². The van der Waals surface area contributed by atoms with Crippen molar-refractivity contribution in [1.29, 1.82) is 0 Å². The Labute approximate surface area is 368 Å². The van der Waals surface area contributed by atoms with Crippen LogP contribution in [0.25, 0.3) is 0 Å². The van der Waals surface area contributed by atoms with E-state index in [1.54, 1.807) is 6.08 Å². The van der Waals surface area contributed by atoms with Gasteiger partial charge in [0.05, 0.1) is 31.3 Å². The Kier molecular flexibility index (Phi) is 34.3. The van der Waals surface area contributed by atoms with Crippen LogP contribution >= 0.6 is 7.82 Å². The van der Waals surface area contributed by atoms with Crippen molar-refractivity contribution in [3.63, 3.8) is 0 Å². The zero-order valence-corrected chi connectivity index (χ0v) is 38.5. The summed E-state index contributed by atoms with van der Waals surface area (Å²) in [5, 5.41) is 74.4. The molecular weight excluding hydrogens is 801 g/mol. The number of unbranched alkanes of at least 4 members (excludes halogenated alkanes) is 19. The number of aliphatic hydroxyl groups is 7. The first-order chi connectivity index (χ1) is 29.3. The summed E-state index contributed by atoms with van der Waals surface area (Å²) in [5.41, 5.74) is 0. The number of carbonyl (C=O) groups is 1. The van der Waals surface area contributed by atoms with Crippen molar-refractivity contribution in [2.24, 2.45) is 0 Å². The first kappa shape index (κ1) is 57.3. The van der Waals surface area contributed by atoms with E-state index in [4.69, 9.17) is 9.05 Å². The highest BCUT2D eigenvalue weighted by Crippen LogP contribution is 2.47. The highest BCUT2D eigenvalue weighted by atomic mass is 31.2. The summed E-state index contributed by atoms with van der Waals surface area (Å²) in [4.78, 5) is 23.4. The molecule has 61 heavy (non-hydrogen) atoms. The van der Waals surface area contributed by atoms with Crippen LogP contribution in [-0.2, 0) is 18.4 Å². The number of rotatable bonds is 38. The minimum atomic E-state index is -5.15. The number of hydrogen-bond donors (Lipinski definition) is 9. The molecule has 1 saturated carbocycles. The normalized spacial score (nSPS) is 23.6. The molecule has 8 unspecified atom stereocenters. The number of hydrogen-bond acceptors (Lipinski definition) is 11. The van der Waals surface area contributed by atoms with Gasteiger partial charge >= 0.3 is 7.82 Å². The molecule has 1 aliphatic rings. The molecule has 0 bridgehead atoms. The van der Waals surface area contributed by atoms with Crippen molar-refractivity contribution >= 4 is 13.7 Å². The van der Waals surface area contributed by atoms with Crippen LogP contribution in [-0.4, -0.2) is 108 Å². The van der Waals surface area contributed by atoms with Crippen LogP contribution in [0.1, 0.15) is 181 Å². The van der Waals surface area contributed by atoms with Gasteiger partial charge in [-0.3, -0.25) is 13.8 Å². The number of nitrogens with one attached hydrogen (secondary N) is 1. The van der Waals surface area contributed by atoms with Gasteiger partial charge in [0.1, 0.15) is 36.6 Å². The first-order valence-electron chi connectivity index (χ1n) is 23.7. The first-order valence-corrected chi connectivity index (χ1v) is 25.2. The molecule has 1 amide bonds. The number of phosphoric acid groups is 1. The average Bonchev–Trinajstić information content (AvgIpc) is 3.23. The van der Waals surface area contributed by atoms with E-state index in [1.807, 2.05) is 0 Å². The van der Waals surface area contributed by atoms with Gasteiger partial charge in [0, 0.05) is 0 Å². The molecule has 0 spiro atoms. The van der Waals surface area contributed by atoms with E-state index in [1.165, 1.54) is 96.0 Å². The zero-order valence-electron chi connectivity index (χ0n) is 37.6. The van der Waals surface area contributed by atoms with Gasteiger partial charge in [-0.2, -0.15) is 0 Å². The highest BCUT2D eigenvalue weighted by molar-refractivity contribution is 7.47. The lowest BCUT2D eigenvalue weighted by Crippen LogP contribution is -2.64. The van der Waals surface area contributed by atoms with E-state index < -0.39 is 75.2 Å². The molecule has 1 fully saturated rings. The smallest absolute Gasteiger partial charge is 0.393 e. The fourth-order valence-electron chi connectivity index (χ4n) is 7.29. The summed E-state index contributed by atoms with van der Waals surface area (Å²) in [7, 11) is -5.15. The van der Waals surface area contributed by atoms with Crippen LogP contribution in [0.4, 0.5) is 0 Å². The minimum Gasteiger partial charge on any atom is -0.393 e. The van der Waals surface area contributed by atoms with Crippen LogP contribution in [0.15, 0.2) is 48.6 Å². The van der Waals surface area contributed by atoms with Crippen molar-refractivity contribution < 1.29 is 59.0 Å². The Morgan fingerprint density at radius 3 is 1.62 bits per heavy atom. The molecule has 0 aromatic rings. The SMILES string of the molecule is CC/C=C\C/C=C\CCCCCCCCCCCCCCC(O)CC(=O)NC(COP(=O)(O)OC1C(O)C(O)C(O)C(O)C1O)C(O)/C=C/CC/C=C/CCCCCCCC. The van der Waals surface area contributed by atoms with Crippen molar-refractivity contribution in [2.45, 2.75) is 236 Å². The zero-order chi connectivity index (χ0) is 45.1. The standard InChI is InChI=1S/C47H86NO12P/c1-3-5-7-9-11-13-15-17-18-19-20-21-22-23-24-26-28-30-32-34-38(49)36-41(51)48-39(40(50)35-33-31-29-27-25-16-14-12-10-8-6-4-2)37-59-61(57,58)60-47-45(55)43(53)42(52)44(54)46(47)56/h5,7,11,13,25,27,33,35,38-40,42-47,49-50,52-56H,3-4,6,8-10,12,14-24,26,28-32,34,36-37H2,1-2H3,(H,48,51)(H,57,58)/b7-5-,13-11-,27-25+,35-33+. The summed E-state index contributed by atoms with van der Waals surface area (Å²) in [6.07, 6.45) is 29.2.